The highest BCUT2D eigenvalue weighted by atomic mass is 16.5. The third-order valence-electron chi connectivity index (χ3n) is 5.02. The lowest BCUT2D eigenvalue weighted by Crippen LogP contribution is -2.59. The van der Waals surface area contributed by atoms with Gasteiger partial charge in [0.25, 0.3) is 0 Å². The second-order valence-corrected chi connectivity index (χ2v) is 6.32. The van der Waals surface area contributed by atoms with Gasteiger partial charge in [-0.1, -0.05) is 26.2 Å². The van der Waals surface area contributed by atoms with Crippen molar-refractivity contribution in [2.75, 3.05) is 33.4 Å². The van der Waals surface area contributed by atoms with E-state index in [2.05, 4.69) is 17.1 Å². The predicted molar refractivity (Wildman–Crippen MR) is 80.5 cm³/mol. The minimum Gasteiger partial charge on any atom is -0.385 e. The van der Waals surface area contributed by atoms with E-state index in [1.807, 2.05) is 7.11 Å². The third kappa shape index (κ3) is 4.44. The van der Waals surface area contributed by atoms with Crippen molar-refractivity contribution in [3.05, 3.63) is 0 Å². The summed E-state index contributed by atoms with van der Waals surface area (Å²) in [5.74, 6) is 0.932. The standard InChI is InChI=1S/C16H32N2O/c1-3-15-13-18(10-7-11-19-2)16(12-17-15)14-8-5-4-6-9-14/h14-17H,3-13H2,1-2H3. The molecule has 112 valence electrons. The molecule has 2 atom stereocenters. The second kappa shape index (κ2) is 8.23. The van der Waals surface area contributed by atoms with Crippen molar-refractivity contribution in [2.45, 2.75) is 64.0 Å². The van der Waals surface area contributed by atoms with Crippen molar-refractivity contribution in [2.24, 2.45) is 5.92 Å². The molecular weight excluding hydrogens is 236 g/mol. The first-order chi connectivity index (χ1) is 9.35. The molecule has 1 saturated carbocycles. The van der Waals surface area contributed by atoms with Gasteiger partial charge in [0.15, 0.2) is 0 Å². The fraction of sp³-hybridized carbons (Fsp3) is 1.00. The molecule has 1 heterocycles. The number of hydrogen-bond acceptors (Lipinski definition) is 3. The van der Waals surface area contributed by atoms with Crippen molar-refractivity contribution < 1.29 is 4.74 Å². The monoisotopic (exact) mass is 268 g/mol. The average molecular weight is 268 g/mol. The number of methoxy groups -OCH3 is 1. The highest BCUT2D eigenvalue weighted by Crippen LogP contribution is 2.30. The molecule has 0 amide bonds. The largest absolute Gasteiger partial charge is 0.385 e. The Morgan fingerprint density at radius 1 is 1.21 bits per heavy atom. The molecular formula is C16H32N2O. The van der Waals surface area contributed by atoms with Gasteiger partial charge in [0.2, 0.25) is 0 Å². The molecule has 0 aromatic carbocycles. The summed E-state index contributed by atoms with van der Waals surface area (Å²) in [5.41, 5.74) is 0. The van der Waals surface area contributed by atoms with Crippen LogP contribution in [0.1, 0.15) is 51.9 Å². The normalized spacial score (nSPS) is 30.6. The highest BCUT2D eigenvalue weighted by molar-refractivity contribution is 4.90. The summed E-state index contributed by atoms with van der Waals surface area (Å²) in [4.78, 5) is 2.76. The van der Waals surface area contributed by atoms with Gasteiger partial charge >= 0.3 is 0 Å². The van der Waals surface area contributed by atoms with Crippen LogP contribution < -0.4 is 5.32 Å². The Bertz CT molecular complexity index is 241. The SMILES string of the molecule is CCC1CN(CCCOC)C(C2CCCCC2)CN1. The van der Waals surface area contributed by atoms with Crippen molar-refractivity contribution in [3.8, 4) is 0 Å². The van der Waals surface area contributed by atoms with Gasteiger partial charge in [0, 0.05) is 45.4 Å². The molecule has 1 N–H and O–H groups in total. The second-order valence-electron chi connectivity index (χ2n) is 6.32. The van der Waals surface area contributed by atoms with E-state index in [1.54, 1.807) is 0 Å². The van der Waals surface area contributed by atoms with Crippen LogP contribution in [0.15, 0.2) is 0 Å². The maximum atomic E-state index is 5.22. The molecule has 2 rings (SSSR count). The first-order valence-electron chi connectivity index (χ1n) is 8.31. The molecule has 0 radical (unpaired) electrons. The first-order valence-corrected chi connectivity index (χ1v) is 8.31. The van der Waals surface area contributed by atoms with Crippen LogP contribution in [-0.4, -0.2) is 50.3 Å². The quantitative estimate of drug-likeness (QED) is 0.750. The molecule has 3 heteroatoms. The molecule has 0 aromatic heterocycles. The van der Waals surface area contributed by atoms with Crippen LogP contribution in [0.25, 0.3) is 0 Å². The van der Waals surface area contributed by atoms with Gasteiger partial charge in [0.1, 0.15) is 0 Å². The minimum absolute atomic E-state index is 0.697. The number of piperazine rings is 1. The Morgan fingerprint density at radius 2 is 2.00 bits per heavy atom. The summed E-state index contributed by atoms with van der Waals surface area (Å²) in [6.45, 7) is 6.86. The zero-order valence-corrected chi connectivity index (χ0v) is 12.9. The number of nitrogens with zero attached hydrogens (tertiary/aromatic N) is 1. The Kier molecular flexibility index (Phi) is 6.62. The van der Waals surface area contributed by atoms with Crippen LogP contribution >= 0.6 is 0 Å². The Hall–Kier alpha value is -0.120. The Balaban J connectivity index is 1.89. The fourth-order valence-electron chi connectivity index (χ4n) is 3.83. The van der Waals surface area contributed by atoms with Gasteiger partial charge in [-0.25, -0.2) is 0 Å². The summed E-state index contributed by atoms with van der Waals surface area (Å²) in [7, 11) is 1.81. The van der Waals surface area contributed by atoms with Gasteiger partial charge < -0.3 is 10.1 Å². The van der Waals surface area contributed by atoms with Crippen molar-refractivity contribution >= 4 is 0 Å². The highest BCUT2D eigenvalue weighted by Gasteiger charge is 2.32. The van der Waals surface area contributed by atoms with Crippen LogP contribution in [0.5, 0.6) is 0 Å². The summed E-state index contributed by atoms with van der Waals surface area (Å²) < 4.78 is 5.22. The molecule has 0 bridgehead atoms. The summed E-state index contributed by atoms with van der Waals surface area (Å²) in [6.07, 6.45) is 9.68. The van der Waals surface area contributed by atoms with Gasteiger partial charge in [-0.3, -0.25) is 4.90 Å². The Labute approximate surface area is 119 Å². The lowest BCUT2D eigenvalue weighted by atomic mass is 9.82. The van der Waals surface area contributed by atoms with Crippen molar-refractivity contribution in [3.63, 3.8) is 0 Å². The van der Waals surface area contributed by atoms with Gasteiger partial charge in [-0.15, -0.1) is 0 Å². The molecule has 2 fully saturated rings. The van der Waals surface area contributed by atoms with E-state index < -0.39 is 0 Å². The zero-order valence-electron chi connectivity index (χ0n) is 12.9. The van der Waals surface area contributed by atoms with Crippen molar-refractivity contribution in [1.82, 2.24) is 10.2 Å². The van der Waals surface area contributed by atoms with Crippen LogP contribution in [0.2, 0.25) is 0 Å². The number of hydrogen-bond donors (Lipinski definition) is 1. The van der Waals surface area contributed by atoms with E-state index in [9.17, 15) is 0 Å². The number of nitrogens with one attached hydrogen (secondary N) is 1. The number of ether oxygens (including phenoxy) is 1. The predicted octanol–water partition coefficient (Wildman–Crippen LogP) is 2.66. The summed E-state index contributed by atoms with van der Waals surface area (Å²) in [5, 5.41) is 3.76. The summed E-state index contributed by atoms with van der Waals surface area (Å²) in [6, 6.07) is 1.47. The smallest absolute Gasteiger partial charge is 0.0474 e. The fourth-order valence-corrected chi connectivity index (χ4v) is 3.83. The molecule has 0 aromatic rings. The van der Waals surface area contributed by atoms with E-state index in [4.69, 9.17) is 4.74 Å². The maximum Gasteiger partial charge on any atom is 0.0474 e. The molecule has 1 aliphatic carbocycles. The lowest BCUT2D eigenvalue weighted by molar-refractivity contribution is 0.0620. The van der Waals surface area contributed by atoms with Crippen LogP contribution in [0, 0.1) is 5.92 Å². The van der Waals surface area contributed by atoms with E-state index in [0.29, 0.717) is 6.04 Å². The van der Waals surface area contributed by atoms with E-state index >= 15 is 0 Å². The molecule has 3 nitrogen and oxygen atoms in total. The molecule has 2 unspecified atom stereocenters. The van der Waals surface area contributed by atoms with E-state index in [0.717, 1.165) is 18.6 Å². The molecule has 0 spiro atoms. The van der Waals surface area contributed by atoms with Crippen LogP contribution in [0.3, 0.4) is 0 Å². The maximum absolute atomic E-state index is 5.22. The molecule has 1 saturated heterocycles. The Morgan fingerprint density at radius 3 is 2.68 bits per heavy atom. The van der Waals surface area contributed by atoms with E-state index in [-0.39, 0.29) is 0 Å². The van der Waals surface area contributed by atoms with Gasteiger partial charge in [0.05, 0.1) is 0 Å². The van der Waals surface area contributed by atoms with Crippen LogP contribution in [0.4, 0.5) is 0 Å². The van der Waals surface area contributed by atoms with E-state index in [1.165, 1.54) is 64.6 Å². The number of rotatable bonds is 6. The van der Waals surface area contributed by atoms with Crippen LogP contribution in [-0.2, 0) is 4.74 Å². The molecule has 2 aliphatic rings. The van der Waals surface area contributed by atoms with Gasteiger partial charge in [-0.05, 0) is 31.6 Å². The lowest BCUT2D eigenvalue weighted by Gasteiger charge is -2.45. The topological polar surface area (TPSA) is 24.5 Å². The third-order valence-corrected chi connectivity index (χ3v) is 5.02. The molecule has 19 heavy (non-hydrogen) atoms. The zero-order chi connectivity index (χ0) is 13.5. The van der Waals surface area contributed by atoms with Gasteiger partial charge in [-0.2, -0.15) is 0 Å². The van der Waals surface area contributed by atoms with Crippen molar-refractivity contribution in [1.29, 1.82) is 0 Å². The molecule has 1 aliphatic heterocycles. The average Bonchev–Trinajstić information content (AvgIpc) is 2.48. The summed E-state index contributed by atoms with van der Waals surface area (Å²) >= 11 is 0. The minimum atomic E-state index is 0.697. The first kappa shape index (κ1) is 15.3.